The van der Waals surface area contributed by atoms with Crippen molar-refractivity contribution in [1.29, 1.82) is 0 Å². The smallest absolute Gasteiger partial charge is 0.243 e. The fourth-order valence-corrected chi connectivity index (χ4v) is 2.72. The van der Waals surface area contributed by atoms with Gasteiger partial charge in [-0.1, -0.05) is 37.7 Å². The van der Waals surface area contributed by atoms with Crippen LogP contribution in [0, 0.1) is 0 Å². The first-order valence-corrected chi connectivity index (χ1v) is 9.09. The average molecular weight is 412 g/mol. The van der Waals surface area contributed by atoms with Gasteiger partial charge in [0.05, 0.1) is 18.0 Å². The van der Waals surface area contributed by atoms with Crippen molar-refractivity contribution in [3.63, 3.8) is 0 Å². The number of H-pyrrole nitrogens is 1. The molecule has 0 radical (unpaired) electrons. The zero-order valence-electron chi connectivity index (χ0n) is 13.3. The summed E-state index contributed by atoms with van der Waals surface area (Å²) in [4.78, 5) is 27.9. The highest BCUT2D eigenvalue weighted by Crippen LogP contribution is 2.20. The van der Waals surface area contributed by atoms with Crippen LogP contribution in [-0.4, -0.2) is 39.3 Å². The van der Waals surface area contributed by atoms with Crippen LogP contribution in [0.1, 0.15) is 25.6 Å². The number of aromatic nitrogens is 3. The van der Waals surface area contributed by atoms with Gasteiger partial charge in [-0.3, -0.25) is 14.7 Å². The maximum absolute atomic E-state index is 11.8. The molecule has 0 saturated heterocycles. The molecule has 2 aromatic rings. The number of hydrogen-bond acceptors (Lipinski definition) is 5. The van der Waals surface area contributed by atoms with Crippen molar-refractivity contribution < 1.29 is 9.59 Å². The van der Waals surface area contributed by atoms with E-state index in [4.69, 9.17) is 0 Å². The number of rotatable bonds is 7. The molecular formula is C15H18BrN5O2S. The minimum Gasteiger partial charge on any atom is -0.346 e. The van der Waals surface area contributed by atoms with Crippen molar-refractivity contribution in [2.75, 3.05) is 17.6 Å². The first-order chi connectivity index (χ1) is 11.5. The summed E-state index contributed by atoms with van der Waals surface area (Å²) in [6, 6.07) is 7.27. The normalized spacial score (nSPS) is 10.7. The number of nitrogens with zero attached hydrogens (tertiary/aromatic N) is 2. The minimum atomic E-state index is -0.291. The fourth-order valence-electron chi connectivity index (χ4n) is 1.70. The molecule has 128 valence electrons. The lowest BCUT2D eigenvalue weighted by atomic mass is 10.2. The van der Waals surface area contributed by atoms with E-state index in [2.05, 4.69) is 41.7 Å². The predicted molar refractivity (Wildman–Crippen MR) is 97.0 cm³/mol. The molecule has 0 aliphatic rings. The molecule has 7 nitrogen and oxygen atoms in total. The maximum atomic E-state index is 11.8. The number of thioether (sulfide) groups is 1. The van der Waals surface area contributed by atoms with Crippen LogP contribution in [0.25, 0.3) is 0 Å². The van der Waals surface area contributed by atoms with Crippen LogP contribution < -0.4 is 10.6 Å². The highest BCUT2D eigenvalue weighted by molar-refractivity contribution is 9.10. The van der Waals surface area contributed by atoms with Crippen LogP contribution in [0.4, 0.5) is 5.69 Å². The Labute approximate surface area is 152 Å². The number of anilines is 1. The van der Waals surface area contributed by atoms with Crippen molar-refractivity contribution >= 4 is 45.2 Å². The van der Waals surface area contributed by atoms with Gasteiger partial charge in [-0.05, 0) is 28.1 Å². The molecule has 0 unspecified atom stereocenters. The van der Waals surface area contributed by atoms with E-state index < -0.39 is 0 Å². The van der Waals surface area contributed by atoms with Crippen LogP contribution >= 0.6 is 27.7 Å². The Hall–Kier alpha value is -1.87. The summed E-state index contributed by atoms with van der Waals surface area (Å²) in [6.45, 7) is 3.92. The summed E-state index contributed by atoms with van der Waals surface area (Å²) in [7, 11) is 0. The van der Waals surface area contributed by atoms with Crippen LogP contribution in [-0.2, 0) is 9.59 Å². The number of aromatic amines is 1. The second kappa shape index (κ2) is 8.84. The number of carbonyl (C=O) groups excluding carboxylic acids is 2. The summed E-state index contributed by atoms with van der Waals surface area (Å²) in [5, 5.41) is 12.7. The average Bonchev–Trinajstić information content (AvgIpc) is 3.02. The van der Waals surface area contributed by atoms with E-state index in [0.29, 0.717) is 10.8 Å². The number of halogens is 1. The molecule has 0 saturated carbocycles. The lowest BCUT2D eigenvalue weighted by Gasteiger charge is -2.08. The highest BCUT2D eigenvalue weighted by Gasteiger charge is 2.11. The summed E-state index contributed by atoms with van der Waals surface area (Å²) in [5.74, 6) is 0.642. The third kappa shape index (κ3) is 5.64. The van der Waals surface area contributed by atoms with Crippen molar-refractivity contribution in [2.24, 2.45) is 0 Å². The Kier molecular flexibility index (Phi) is 6.80. The van der Waals surface area contributed by atoms with Gasteiger partial charge in [0.25, 0.3) is 0 Å². The van der Waals surface area contributed by atoms with Gasteiger partial charge in [0, 0.05) is 10.4 Å². The Morgan fingerprint density at radius 1 is 1.29 bits per heavy atom. The van der Waals surface area contributed by atoms with Gasteiger partial charge in [-0.15, -0.1) is 5.10 Å². The fraction of sp³-hybridized carbons (Fsp3) is 0.333. The Morgan fingerprint density at radius 3 is 2.71 bits per heavy atom. The van der Waals surface area contributed by atoms with Crippen molar-refractivity contribution in [1.82, 2.24) is 20.5 Å². The number of nitrogens with one attached hydrogen (secondary N) is 3. The lowest BCUT2D eigenvalue weighted by Crippen LogP contribution is -2.33. The Bertz CT molecular complexity index is 719. The maximum Gasteiger partial charge on any atom is 0.243 e. The molecule has 9 heteroatoms. The van der Waals surface area contributed by atoms with E-state index in [1.54, 1.807) is 6.07 Å². The zero-order chi connectivity index (χ0) is 17.5. The lowest BCUT2D eigenvalue weighted by molar-refractivity contribution is -0.122. The molecule has 1 aromatic carbocycles. The molecule has 0 fully saturated rings. The van der Waals surface area contributed by atoms with Gasteiger partial charge in [0.2, 0.25) is 17.0 Å². The summed E-state index contributed by atoms with van der Waals surface area (Å²) in [5.41, 5.74) is 0.660. The molecule has 0 atom stereocenters. The van der Waals surface area contributed by atoms with E-state index >= 15 is 0 Å². The molecule has 0 bridgehead atoms. The topological polar surface area (TPSA) is 99.8 Å². The first kappa shape index (κ1) is 18.5. The van der Waals surface area contributed by atoms with E-state index in [1.807, 2.05) is 32.0 Å². The highest BCUT2D eigenvalue weighted by atomic mass is 79.9. The zero-order valence-corrected chi connectivity index (χ0v) is 15.7. The van der Waals surface area contributed by atoms with E-state index in [0.717, 1.165) is 10.3 Å². The predicted octanol–water partition coefficient (Wildman–Crippen LogP) is 2.54. The number of para-hydroxylation sites is 1. The first-order valence-electron chi connectivity index (χ1n) is 7.32. The van der Waals surface area contributed by atoms with Gasteiger partial charge >= 0.3 is 0 Å². The molecule has 0 aliphatic heterocycles. The van der Waals surface area contributed by atoms with E-state index in [1.165, 1.54) is 11.8 Å². The third-order valence-electron chi connectivity index (χ3n) is 2.96. The van der Waals surface area contributed by atoms with Gasteiger partial charge in [-0.2, -0.15) is 0 Å². The third-order valence-corrected chi connectivity index (χ3v) is 4.49. The number of benzene rings is 1. The van der Waals surface area contributed by atoms with Crippen LogP contribution in [0.3, 0.4) is 0 Å². The number of amides is 2. The summed E-state index contributed by atoms with van der Waals surface area (Å²) < 4.78 is 0.783. The van der Waals surface area contributed by atoms with E-state index in [-0.39, 0.29) is 30.0 Å². The SMILES string of the molecule is CC(C)c1nc(SCC(=O)NCC(=O)Nc2ccccc2Br)n[nH]1. The number of carbonyl (C=O) groups is 2. The van der Waals surface area contributed by atoms with Crippen LogP contribution in [0.2, 0.25) is 0 Å². The van der Waals surface area contributed by atoms with Gasteiger partial charge < -0.3 is 10.6 Å². The van der Waals surface area contributed by atoms with Crippen molar-refractivity contribution in [3.8, 4) is 0 Å². The Morgan fingerprint density at radius 2 is 2.04 bits per heavy atom. The standard InChI is InChI=1S/C15H18BrN5O2S/c1-9(2)14-19-15(21-20-14)24-8-13(23)17-7-12(22)18-11-6-4-3-5-10(11)16/h3-6,9H,7-8H2,1-2H3,(H,17,23)(H,18,22)(H,19,20,21). The summed E-state index contributed by atoms with van der Waals surface area (Å²) in [6.07, 6.45) is 0. The quantitative estimate of drug-likeness (QED) is 0.607. The molecule has 24 heavy (non-hydrogen) atoms. The van der Waals surface area contributed by atoms with Gasteiger partial charge in [0.1, 0.15) is 5.82 Å². The molecule has 2 rings (SSSR count). The van der Waals surface area contributed by atoms with E-state index in [9.17, 15) is 9.59 Å². The second-order valence-electron chi connectivity index (χ2n) is 5.25. The summed E-state index contributed by atoms with van der Waals surface area (Å²) >= 11 is 4.57. The van der Waals surface area contributed by atoms with Crippen LogP contribution in [0.15, 0.2) is 33.9 Å². The molecule has 2 amide bonds. The minimum absolute atomic E-state index is 0.0913. The molecule has 3 N–H and O–H groups in total. The molecule has 1 heterocycles. The van der Waals surface area contributed by atoms with Crippen molar-refractivity contribution in [3.05, 3.63) is 34.6 Å². The second-order valence-corrected chi connectivity index (χ2v) is 7.05. The van der Waals surface area contributed by atoms with Gasteiger partial charge in [-0.25, -0.2) is 4.98 Å². The number of hydrogen-bond donors (Lipinski definition) is 3. The van der Waals surface area contributed by atoms with Crippen LogP contribution in [0.5, 0.6) is 0 Å². The van der Waals surface area contributed by atoms with Crippen molar-refractivity contribution in [2.45, 2.75) is 24.9 Å². The largest absolute Gasteiger partial charge is 0.346 e. The molecule has 0 spiro atoms. The molecular weight excluding hydrogens is 394 g/mol. The molecule has 1 aromatic heterocycles. The molecule has 0 aliphatic carbocycles. The van der Waals surface area contributed by atoms with Gasteiger partial charge in [0.15, 0.2) is 0 Å². The Balaban J connectivity index is 1.72. The monoisotopic (exact) mass is 411 g/mol.